The lowest BCUT2D eigenvalue weighted by Gasteiger charge is -2.18. The largest absolute Gasteiger partial charge is 0.462 e. The fourth-order valence-electron chi connectivity index (χ4n) is 8.98. The summed E-state index contributed by atoms with van der Waals surface area (Å²) in [6.07, 6.45) is 72.9. The standard InChI is InChI=1S/C64H116O6/c1-4-7-10-13-16-19-21-23-25-26-27-28-29-30-31-32-33-34-35-36-37-38-40-41-43-45-48-51-54-57-63(66)69-60-61(59-68-62(65)56-53-50-47-18-15-12-9-6-3)70-64(67)58-55-52-49-46-44-42-39-24-22-20-17-14-11-8-5-2/h8,11,17,20,24,26-27,39,61H,4-7,9-10,12-16,18-19,21-23,25,28-38,40-60H2,1-3H3/b11-8-,20-17-,27-26-,39-24-. The summed E-state index contributed by atoms with van der Waals surface area (Å²) in [5.41, 5.74) is 0. The van der Waals surface area contributed by atoms with Gasteiger partial charge in [-0.2, -0.15) is 0 Å². The molecular formula is C64H116O6. The van der Waals surface area contributed by atoms with Crippen LogP contribution in [-0.4, -0.2) is 37.2 Å². The second-order valence-corrected chi connectivity index (χ2v) is 20.6. The van der Waals surface area contributed by atoms with Crippen molar-refractivity contribution in [3.05, 3.63) is 48.6 Å². The van der Waals surface area contributed by atoms with Crippen LogP contribution < -0.4 is 0 Å². The Kier molecular flexibility index (Phi) is 56.7. The van der Waals surface area contributed by atoms with E-state index >= 15 is 0 Å². The minimum Gasteiger partial charge on any atom is -0.462 e. The van der Waals surface area contributed by atoms with Gasteiger partial charge in [0.05, 0.1) is 0 Å². The lowest BCUT2D eigenvalue weighted by Crippen LogP contribution is -2.30. The Balaban J connectivity index is 4.07. The van der Waals surface area contributed by atoms with E-state index in [-0.39, 0.29) is 31.1 Å². The van der Waals surface area contributed by atoms with Gasteiger partial charge in [-0.25, -0.2) is 0 Å². The molecule has 0 amide bonds. The Morgan fingerprint density at radius 1 is 0.300 bits per heavy atom. The van der Waals surface area contributed by atoms with Gasteiger partial charge in [0, 0.05) is 19.3 Å². The number of rotatable bonds is 56. The Labute approximate surface area is 435 Å². The summed E-state index contributed by atoms with van der Waals surface area (Å²) in [5.74, 6) is -0.884. The van der Waals surface area contributed by atoms with Crippen molar-refractivity contribution in [1.29, 1.82) is 0 Å². The molecular weight excluding hydrogens is 865 g/mol. The van der Waals surface area contributed by atoms with Gasteiger partial charge in [-0.3, -0.25) is 14.4 Å². The first-order valence-electron chi connectivity index (χ1n) is 30.6. The number of esters is 3. The molecule has 6 nitrogen and oxygen atoms in total. The Morgan fingerprint density at radius 2 is 0.557 bits per heavy atom. The molecule has 0 saturated carbocycles. The number of carbonyl (C=O) groups is 3. The molecule has 0 saturated heterocycles. The summed E-state index contributed by atoms with van der Waals surface area (Å²) in [5, 5.41) is 0. The van der Waals surface area contributed by atoms with E-state index in [1.54, 1.807) is 0 Å². The van der Waals surface area contributed by atoms with Gasteiger partial charge < -0.3 is 14.2 Å². The molecule has 0 N–H and O–H groups in total. The van der Waals surface area contributed by atoms with Gasteiger partial charge in [0.15, 0.2) is 6.10 Å². The van der Waals surface area contributed by atoms with Crippen molar-refractivity contribution in [3.63, 3.8) is 0 Å². The lowest BCUT2D eigenvalue weighted by atomic mass is 10.0. The van der Waals surface area contributed by atoms with Crippen molar-refractivity contribution in [2.45, 2.75) is 329 Å². The molecule has 0 aliphatic carbocycles. The van der Waals surface area contributed by atoms with Crippen molar-refractivity contribution in [1.82, 2.24) is 0 Å². The van der Waals surface area contributed by atoms with Crippen LogP contribution >= 0.6 is 0 Å². The van der Waals surface area contributed by atoms with Crippen LogP contribution in [0.5, 0.6) is 0 Å². The smallest absolute Gasteiger partial charge is 0.306 e. The zero-order valence-corrected chi connectivity index (χ0v) is 46.8. The third-order valence-corrected chi connectivity index (χ3v) is 13.6. The number of hydrogen-bond donors (Lipinski definition) is 0. The highest BCUT2D eigenvalue weighted by atomic mass is 16.6. The van der Waals surface area contributed by atoms with E-state index in [2.05, 4.69) is 69.4 Å². The van der Waals surface area contributed by atoms with Crippen molar-refractivity contribution in [2.75, 3.05) is 13.2 Å². The van der Waals surface area contributed by atoms with E-state index in [0.29, 0.717) is 19.3 Å². The first-order chi connectivity index (χ1) is 34.5. The highest BCUT2D eigenvalue weighted by molar-refractivity contribution is 5.71. The van der Waals surface area contributed by atoms with Crippen LogP contribution in [0, 0.1) is 0 Å². The first kappa shape index (κ1) is 67.4. The second kappa shape index (κ2) is 58.9. The lowest BCUT2D eigenvalue weighted by molar-refractivity contribution is -0.167. The maximum absolute atomic E-state index is 12.8. The van der Waals surface area contributed by atoms with Gasteiger partial charge in [0.2, 0.25) is 0 Å². The molecule has 1 unspecified atom stereocenters. The normalized spacial score (nSPS) is 12.3. The number of ether oxygens (including phenoxy) is 3. The van der Waals surface area contributed by atoms with Gasteiger partial charge in [-0.05, 0) is 77.0 Å². The molecule has 1 atom stereocenters. The minimum atomic E-state index is -0.778. The molecule has 0 radical (unpaired) electrons. The van der Waals surface area contributed by atoms with Crippen LogP contribution in [0.3, 0.4) is 0 Å². The minimum absolute atomic E-state index is 0.0768. The maximum Gasteiger partial charge on any atom is 0.306 e. The fourth-order valence-corrected chi connectivity index (χ4v) is 8.98. The van der Waals surface area contributed by atoms with E-state index in [0.717, 1.165) is 96.3 Å². The molecule has 0 aromatic rings. The van der Waals surface area contributed by atoms with Crippen LogP contribution in [0.15, 0.2) is 48.6 Å². The van der Waals surface area contributed by atoms with Gasteiger partial charge in [0.25, 0.3) is 0 Å². The predicted octanol–water partition coefficient (Wildman–Crippen LogP) is 20.6. The van der Waals surface area contributed by atoms with Crippen molar-refractivity contribution >= 4 is 17.9 Å². The van der Waals surface area contributed by atoms with E-state index in [1.165, 1.54) is 186 Å². The third-order valence-electron chi connectivity index (χ3n) is 13.6. The van der Waals surface area contributed by atoms with Crippen LogP contribution in [0.1, 0.15) is 323 Å². The highest BCUT2D eigenvalue weighted by Crippen LogP contribution is 2.17. The fraction of sp³-hybridized carbons (Fsp3) is 0.828. The second-order valence-electron chi connectivity index (χ2n) is 20.6. The van der Waals surface area contributed by atoms with Crippen molar-refractivity contribution < 1.29 is 28.6 Å². The van der Waals surface area contributed by atoms with Crippen LogP contribution in [0.4, 0.5) is 0 Å². The molecule has 6 heteroatoms. The molecule has 408 valence electrons. The average molecular weight is 982 g/mol. The third kappa shape index (κ3) is 56.3. The quantitative estimate of drug-likeness (QED) is 0.0261. The topological polar surface area (TPSA) is 78.9 Å². The number of hydrogen-bond acceptors (Lipinski definition) is 6. The summed E-state index contributed by atoms with van der Waals surface area (Å²) in [6.45, 7) is 6.52. The summed E-state index contributed by atoms with van der Waals surface area (Å²) in [6, 6.07) is 0. The molecule has 0 fully saturated rings. The van der Waals surface area contributed by atoms with E-state index in [1.807, 2.05) is 0 Å². The maximum atomic E-state index is 12.8. The predicted molar refractivity (Wildman–Crippen MR) is 302 cm³/mol. The molecule has 0 aromatic carbocycles. The molecule has 70 heavy (non-hydrogen) atoms. The summed E-state index contributed by atoms with van der Waals surface area (Å²) < 4.78 is 16.8. The summed E-state index contributed by atoms with van der Waals surface area (Å²) >= 11 is 0. The first-order valence-corrected chi connectivity index (χ1v) is 30.6. The Bertz CT molecular complexity index is 1220. The van der Waals surface area contributed by atoms with Gasteiger partial charge in [-0.15, -0.1) is 0 Å². The zero-order valence-electron chi connectivity index (χ0n) is 46.8. The van der Waals surface area contributed by atoms with E-state index in [9.17, 15) is 14.4 Å². The van der Waals surface area contributed by atoms with Crippen LogP contribution in [0.25, 0.3) is 0 Å². The monoisotopic (exact) mass is 981 g/mol. The molecule has 0 rings (SSSR count). The molecule has 0 bridgehead atoms. The van der Waals surface area contributed by atoms with Gasteiger partial charge >= 0.3 is 17.9 Å². The molecule has 0 aliphatic heterocycles. The zero-order chi connectivity index (χ0) is 50.7. The molecule has 0 aliphatic rings. The molecule has 0 spiro atoms. The van der Waals surface area contributed by atoms with E-state index < -0.39 is 6.10 Å². The number of allylic oxidation sites excluding steroid dienone is 8. The average Bonchev–Trinajstić information content (AvgIpc) is 3.36. The SMILES string of the molecule is CC/C=C\C/C=C\C/C=C\CCCCCCCC(=O)OC(COC(=O)CCCCCCCCCC)COC(=O)CCCCCCCCCCCCCCCCCCC/C=C\CCCCCCCCCC. The number of carbonyl (C=O) groups excluding carboxylic acids is 3. The number of unbranched alkanes of at least 4 members (excludes halogenated alkanes) is 37. The Morgan fingerprint density at radius 3 is 0.886 bits per heavy atom. The highest BCUT2D eigenvalue weighted by Gasteiger charge is 2.19. The van der Waals surface area contributed by atoms with Crippen molar-refractivity contribution in [2.24, 2.45) is 0 Å². The van der Waals surface area contributed by atoms with Crippen LogP contribution in [0.2, 0.25) is 0 Å². The Hall–Kier alpha value is -2.63. The van der Waals surface area contributed by atoms with E-state index in [4.69, 9.17) is 14.2 Å². The van der Waals surface area contributed by atoms with Crippen molar-refractivity contribution in [3.8, 4) is 0 Å². The van der Waals surface area contributed by atoms with Gasteiger partial charge in [0.1, 0.15) is 13.2 Å². The van der Waals surface area contributed by atoms with Gasteiger partial charge in [-0.1, -0.05) is 275 Å². The van der Waals surface area contributed by atoms with Crippen LogP contribution in [-0.2, 0) is 28.6 Å². The summed E-state index contributed by atoms with van der Waals surface area (Å²) in [7, 11) is 0. The molecule has 0 heterocycles. The summed E-state index contributed by atoms with van der Waals surface area (Å²) in [4.78, 5) is 38.0. The molecule has 0 aromatic heterocycles.